The fourth-order valence-electron chi connectivity index (χ4n) is 6.53. The van der Waals surface area contributed by atoms with Crippen LogP contribution in [0.25, 0.3) is 0 Å². The van der Waals surface area contributed by atoms with Crippen molar-refractivity contribution in [2.45, 2.75) is 80.7 Å². The van der Waals surface area contributed by atoms with Gasteiger partial charge >= 0.3 is 0 Å². The number of nitrogens with one attached hydrogen (secondary N) is 3. The molecule has 1 aliphatic carbocycles. The van der Waals surface area contributed by atoms with Crippen molar-refractivity contribution in [3.8, 4) is 0 Å². The normalized spacial score (nSPS) is 52.5. The Morgan fingerprint density at radius 2 is 1.85 bits per heavy atom. The van der Waals surface area contributed by atoms with Crippen molar-refractivity contribution in [1.82, 2.24) is 20.9 Å². The molecule has 10 unspecified atom stereocenters. The minimum absolute atomic E-state index is 0.0547. The molecule has 154 valence electrons. The first-order valence-corrected chi connectivity index (χ1v) is 11.2. The molecular formula is C19H32Cl2N4O2. The number of hydrogen-bond acceptors (Lipinski definition) is 5. The standard InChI is InChI=1S/C19H32Cl2N4O2/c1-8-18(23-10(3)22-8)11-6-12(20)17(21)19-16(11)15-9(2)25(14(27)7-26)5-4-13(15)24-19/h8-13,15-19,22-24,26H,4-7H2,1-3H3/t8?,9-,10?,11?,12?,13?,15?,16?,17?,18?,19?/m0/s1. The Labute approximate surface area is 171 Å². The molecular weight excluding hydrogens is 387 g/mol. The molecule has 4 aliphatic rings. The molecule has 0 radical (unpaired) electrons. The van der Waals surface area contributed by atoms with E-state index in [1.54, 1.807) is 0 Å². The summed E-state index contributed by atoms with van der Waals surface area (Å²) in [4.78, 5) is 14.1. The van der Waals surface area contributed by atoms with Gasteiger partial charge in [0.1, 0.15) is 6.61 Å². The second-order valence-corrected chi connectivity index (χ2v) is 10.0. The van der Waals surface area contributed by atoms with Gasteiger partial charge < -0.3 is 15.3 Å². The molecule has 8 heteroatoms. The highest BCUT2D eigenvalue weighted by atomic mass is 35.5. The molecule has 4 N–H and O–H groups in total. The van der Waals surface area contributed by atoms with E-state index in [4.69, 9.17) is 23.2 Å². The van der Waals surface area contributed by atoms with Crippen LogP contribution in [0.2, 0.25) is 0 Å². The Balaban J connectivity index is 1.65. The lowest BCUT2D eigenvalue weighted by molar-refractivity contribution is -0.140. The maximum atomic E-state index is 12.3. The zero-order chi connectivity index (χ0) is 19.5. The van der Waals surface area contributed by atoms with E-state index in [-0.39, 0.29) is 34.9 Å². The van der Waals surface area contributed by atoms with E-state index in [1.165, 1.54) is 0 Å². The van der Waals surface area contributed by atoms with Crippen LogP contribution in [0.3, 0.4) is 0 Å². The molecule has 0 spiro atoms. The predicted molar refractivity (Wildman–Crippen MR) is 107 cm³/mol. The molecule has 11 atom stereocenters. The lowest BCUT2D eigenvalue weighted by Gasteiger charge is -2.48. The van der Waals surface area contributed by atoms with Gasteiger partial charge in [-0.25, -0.2) is 0 Å². The Morgan fingerprint density at radius 3 is 2.48 bits per heavy atom. The molecule has 3 heterocycles. The summed E-state index contributed by atoms with van der Waals surface area (Å²) in [5, 5.41) is 20.3. The Bertz CT molecular complexity index is 582. The maximum absolute atomic E-state index is 12.3. The van der Waals surface area contributed by atoms with Crippen LogP contribution in [0, 0.1) is 17.8 Å². The number of hydrogen-bond donors (Lipinski definition) is 4. The smallest absolute Gasteiger partial charge is 0.248 e. The number of nitrogens with zero attached hydrogens (tertiary/aromatic N) is 1. The summed E-state index contributed by atoms with van der Waals surface area (Å²) >= 11 is 13.5. The van der Waals surface area contributed by atoms with Crippen molar-refractivity contribution in [2.75, 3.05) is 13.2 Å². The number of carbonyl (C=O) groups excluding carboxylic acids is 1. The first-order valence-electron chi connectivity index (χ1n) is 10.3. The van der Waals surface area contributed by atoms with Gasteiger partial charge in [0.15, 0.2) is 0 Å². The first-order chi connectivity index (χ1) is 12.8. The van der Waals surface area contributed by atoms with Gasteiger partial charge in [-0.15, -0.1) is 23.2 Å². The van der Waals surface area contributed by atoms with Crippen LogP contribution in [0.4, 0.5) is 0 Å². The maximum Gasteiger partial charge on any atom is 0.248 e. The quantitative estimate of drug-likeness (QED) is 0.496. The van der Waals surface area contributed by atoms with E-state index in [9.17, 15) is 9.90 Å². The molecule has 6 nitrogen and oxygen atoms in total. The molecule has 0 aromatic heterocycles. The van der Waals surface area contributed by atoms with Gasteiger partial charge in [0.25, 0.3) is 0 Å². The van der Waals surface area contributed by atoms with Gasteiger partial charge in [0.05, 0.1) is 16.9 Å². The molecule has 0 aromatic carbocycles. The summed E-state index contributed by atoms with van der Waals surface area (Å²) < 4.78 is 0. The SMILES string of the molecule is CC1NC(C)C(C2CC(Cl)C(Cl)C3NC4CCN(C(=O)CO)[C@@H](C)C4C23)N1. The van der Waals surface area contributed by atoms with Gasteiger partial charge in [0, 0.05) is 36.8 Å². The van der Waals surface area contributed by atoms with Crippen molar-refractivity contribution >= 4 is 29.1 Å². The third-order valence-electron chi connectivity index (χ3n) is 7.55. The van der Waals surface area contributed by atoms with Crippen molar-refractivity contribution in [1.29, 1.82) is 0 Å². The molecule has 4 rings (SSSR count). The third kappa shape index (κ3) is 3.30. The molecule has 3 saturated heterocycles. The first kappa shape index (κ1) is 20.2. The van der Waals surface area contributed by atoms with Gasteiger partial charge in [0.2, 0.25) is 5.91 Å². The number of alkyl halides is 2. The molecule has 0 aromatic rings. The fraction of sp³-hybridized carbons (Fsp3) is 0.947. The number of fused-ring (bicyclic) bond motifs is 3. The molecule has 3 aliphatic heterocycles. The lowest BCUT2D eigenvalue weighted by Crippen LogP contribution is -2.58. The fourth-order valence-corrected chi connectivity index (χ4v) is 7.24. The number of piperidine rings is 1. The summed E-state index contributed by atoms with van der Waals surface area (Å²) in [6.07, 6.45) is 2.07. The Kier molecular flexibility index (Phi) is 5.69. The van der Waals surface area contributed by atoms with E-state index in [0.717, 1.165) is 12.8 Å². The topological polar surface area (TPSA) is 76.6 Å². The summed E-state index contributed by atoms with van der Waals surface area (Å²) in [6, 6.07) is 1.32. The molecule has 1 amide bonds. The number of halogens is 2. The minimum Gasteiger partial charge on any atom is -0.387 e. The molecule has 4 fully saturated rings. The van der Waals surface area contributed by atoms with Gasteiger partial charge in [-0.2, -0.15) is 0 Å². The predicted octanol–water partition coefficient (Wildman–Crippen LogP) is 0.703. The third-order valence-corrected chi connectivity index (χ3v) is 8.71. The highest BCUT2D eigenvalue weighted by Gasteiger charge is 2.59. The summed E-state index contributed by atoms with van der Waals surface area (Å²) in [5.41, 5.74) is 0. The number of likely N-dealkylation sites (tertiary alicyclic amines) is 1. The number of rotatable bonds is 2. The monoisotopic (exact) mass is 418 g/mol. The second kappa shape index (κ2) is 7.62. The van der Waals surface area contributed by atoms with Crippen LogP contribution in [-0.2, 0) is 4.79 Å². The second-order valence-electron chi connectivity index (χ2n) is 8.96. The van der Waals surface area contributed by atoms with Crippen LogP contribution in [-0.4, -0.2) is 76.2 Å². The van der Waals surface area contributed by atoms with Gasteiger partial charge in [-0.05, 0) is 51.4 Å². The van der Waals surface area contributed by atoms with E-state index >= 15 is 0 Å². The van der Waals surface area contributed by atoms with Crippen LogP contribution in [0.5, 0.6) is 0 Å². The van der Waals surface area contributed by atoms with Crippen LogP contribution < -0.4 is 16.0 Å². The summed E-state index contributed by atoms with van der Waals surface area (Å²) in [5.74, 6) is 0.926. The highest BCUT2D eigenvalue weighted by Crippen LogP contribution is 2.50. The van der Waals surface area contributed by atoms with Crippen LogP contribution in [0.15, 0.2) is 0 Å². The van der Waals surface area contributed by atoms with Crippen molar-refractivity contribution in [3.63, 3.8) is 0 Å². The Hall–Kier alpha value is -0.110. The van der Waals surface area contributed by atoms with E-state index in [2.05, 4.69) is 36.7 Å². The molecule has 0 bridgehead atoms. The van der Waals surface area contributed by atoms with E-state index < -0.39 is 6.61 Å². The molecule has 27 heavy (non-hydrogen) atoms. The van der Waals surface area contributed by atoms with E-state index in [0.29, 0.717) is 42.4 Å². The largest absolute Gasteiger partial charge is 0.387 e. The van der Waals surface area contributed by atoms with Crippen LogP contribution >= 0.6 is 23.2 Å². The average molecular weight is 419 g/mol. The average Bonchev–Trinajstić information content (AvgIpc) is 3.18. The minimum atomic E-state index is -0.419. The number of aliphatic hydroxyl groups excluding tert-OH is 1. The Morgan fingerprint density at radius 1 is 1.11 bits per heavy atom. The number of amides is 1. The number of carbonyl (C=O) groups is 1. The zero-order valence-corrected chi connectivity index (χ0v) is 17.7. The highest BCUT2D eigenvalue weighted by molar-refractivity contribution is 6.30. The lowest BCUT2D eigenvalue weighted by atomic mass is 9.64. The van der Waals surface area contributed by atoms with Crippen molar-refractivity contribution in [2.24, 2.45) is 17.8 Å². The molecule has 1 saturated carbocycles. The van der Waals surface area contributed by atoms with Crippen molar-refractivity contribution in [3.05, 3.63) is 0 Å². The van der Waals surface area contributed by atoms with Gasteiger partial charge in [-0.3, -0.25) is 15.4 Å². The summed E-state index contributed by atoms with van der Waals surface area (Å²) in [7, 11) is 0. The van der Waals surface area contributed by atoms with E-state index in [1.807, 2.05) is 4.90 Å². The summed E-state index contributed by atoms with van der Waals surface area (Å²) in [6.45, 7) is 6.79. The van der Waals surface area contributed by atoms with Crippen LogP contribution in [0.1, 0.15) is 33.6 Å². The van der Waals surface area contributed by atoms with Gasteiger partial charge in [-0.1, -0.05) is 0 Å². The van der Waals surface area contributed by atoms with Crippen molar-refractivity contribution < 1.29 is 9.90 Å². The number of aliphatic hydroxyl groups is 1. The zero-order valence-electron chi connectivity index (χ0n) is 16.2.